The molecule has 0 atom stereocenters. The molecule has 0 aromatic heterocycles. The lowest BCUT2D eigenvalue weighted by atomic mass is 10.2. The number of ether oxygens (including phenoxy) is 1. The van der Waals surface area contributed by atoms with Gasteiger partial charge in [-0.05, 0) is 40.2 Å². The summed E-state index contributed by atoms with van der Waals surface area (Å²) < 4.78 is 19.1. The third-order valence-corrected chi connectivity index (χ3v) is 3.14. The van der Waals surface area contributed by atoms with Crippen LogP contribution in [0.1, 0.15) is 5.56 Å². The van der Waals surface area contributed by atoms with Crippen LogP contribution in [0.2, 0.25) is 5.02 Å². The lowest BCUT2D eigenvalue weighted by molar-refractivity contribution is 0.476. The Morgan fingerprint density at radius 1 is 1.17 bits per heavy atom. The molecule has 2 rings (SSSR count). The predicted octanol–water partition coefficient (Wildman–Crippen LogP) is 4.91. The zero-order chi connectivity index (χ0) is 13.1. The van der Waals surface area contributed by atoms with Crippen molar-refractivity contribution in [3.63, 3.8) is 0 Å². The zero-order valence-corrected chi connectivity index (χ0v) is 11.3. The monoisotopic (exact) mass is 325 g/mol. The van der Waals surface area contributed by atoms with Crippen LogP contribution in [0.25, 0.3) is 0 Å². The van der Waals surface area contributed by atoms with Crippen LogP contribution in [-0.2, 0) is 0 Å². The number of nitriles is 1. The number of nitrogens with zero attached hydrogens (tertiary/aromatic N) is 1. The van der Waals surface area contributed by atoms with Crippen LogP contribution in [0, 0.1) is 17.1 Å². The van der Waals surface area contributed by atoms with Gasteiger partial charge in [0.15, 0.2) is 0 Å². The molecule has 0 aliphatic carbocycles. The maximum absolute atomic E-state index is 13.3. The van der Waals surface area contributed by atoms with Crippen LogP contribution < -0.4 is 4.74 Å². The molecule has 0 heterocycles. The van der Waals surface area contributed by atoms with Gasteiger partial charge in [-0.2, -0.15) is 5.26 Å². The van der Waals surface area contributed by atoms with Crippen molar-refractivity contribution in [1.29, 1.82) is 5.26 Å². The Bertz CT molecular complexity index is 639. The fourth-order valence-corrected chi connectivity index (χ4v) is 1.79. The third-order valence-electron chi connectivity index (χ3n) is 2.19. The van der Waals surface area contributed by atoms with Gasteiger partial charge in [0.1, 0.15) is 23.4 Å². The minimum absolute atomic E-state index is 0.299. The topological polar surface area (TPSA) is 33.0 Å². The number of halogens is 3. The quantitative estimate of drug-likeness (QED) is 0.786. The SMILES string of the molecule is N#Cc1ccc(Oc2ccc(Br)c(F)c2)cc1Cl. The van der Waals surface area contributed by atoms with E-state index < -0.39 is 5.82 Å². The fraction of sp³-hybridized carbons (Fsp3) is 0. The van der Waals surface area contributed by atoms with Gasteiger partial charge in [-0.25, -0.2) is 4.39 Å². The molecule has 0 unspecified atom stereocenters. The third kappa shape index (κ3) is 2.81. The molecule has 2 aromatic rings. The summed E-state index contributed by atoms with van der Waals surface area (Å²) in [5.41, 5.74) is 0.367. The van der Waals surface area contributed by atoms with Crippen molar-refractivity contribution in [2.75, 3.05) is 0 Å². The average molecular weight is 327 g/mol. The summed E-state index contributed by atoms with van der Waals surface area (Å²) in [5.74, 6) is 0.393. The van der Waals surface area contributed by atoms with E-state index in [1.54, 1.807) is 24.3 Å². The van der Waals surface area contributed by atoms with E-state index in [4.69, 9.17) is 21.6 Å². The molecule has 18 heavy (non-hydrogen) atoms. The maximum atomic E-state index is 13.3. The van der Waals surface area contributed by atoms with Gasteiger partial charge < -0.3 is 4.74 Å². The Morgan fingerprint density at radius 2 is 1.83 bits per heavy atom. The Hall–Kier alpha value is -1.57. The molecular formula is C13H6BrClFNO. The van der Waals surface area contributed by atoms with E-state index in [9.17, 15) is 4.39 Å². The van der Waals surface area contributed by atoms with Gasteiger partial charge in [-0.1, -0.05) is 11.6 Å². The van der Waals surface area contributed by atoms with Gasteiger partial charge in [-0.15, -0.1) is 0 Å². The summed E-state index contributed by atoms with van der Waals surface area (Å²) in [6, 6.07) is 11.0. The Kier molecular flexibility index (Phi) is 3.85. The summed E-state index contributed by atoms with van der Waals surface area (Å²) >= 11 is 8.93. The van der Waals surface area contributed by atoms with Crippen LogP contribution in [0.4, 0.5) is 4.39 Å². The normalized spacial score (nSPS) is 9.89. The maximum Gasteiger partial charge on any atom is 0.141 e. The first-order chi connectivity index (χ1) is 8.60. The molecule has 0 saturated heterocycles. The van der Waals surface area contributed by atoms with Crippen molar-refractivity contribution in [2.45, 2.75) is 0 Å². The lowest BCUT2D eigenvalue weighted by Crippen LogP contribution is -1.87. The second-order valence-corrected chi connectivity index (χ2v) is 4.69. The van der Waals surface area contributed by atoms with Gasteiger partial charge >= 0.3 is 0 Å². The highest BCUT2D eigenvalue weighted by atomic mass is 79.9. The molecule has 0 bridgehead atoms. The first-order valence-electron chi connectivity index (χ1n) is 4.92. The summed E-state index contributed by atoms with van der Waals surface area (Å²) in [4.78, 5) is 0. The van der Waals surface area contributed by atoms with Gasteiger partial charge in [0, 0.05) is 12.1 Å². The van der Waals surface area contributed by atoms with Crippen LogP contribution in [-0.4, -0.2) is 0 Å². The molecule has 2 aromatic carbocycles. The summed E-state index contributed by atoms with van der Waals surface area (Å²) in [6.07, 6.45) is 0. The van der Waals surface area contributed by atoms with Crippen LogP contribution in [0.5, 0.6) is 11.5 Å². The van der Waals surface area contributed by atoms with Crippen molar-refractivity contribution >= 4 is 27.5 Å². The fourth-order valence-electron chi connectivity index (χ4n) is 1.33. The predicted molar refractivity (Wildman–Crippen MR) is 70.3 cm³/mol. The van der Waals surface area contributed by atoms with Gasteiger partial charge in [0.25, 0.3) is 0 Å². The van der Waals surface area contributed by atoms with E-state index in [-0.39, 0.29) is 0 Å². The van der Waals surface area contributed by atoms with E-state index >= 15 is 0 Å². The molecule has 5 heteroatoms. The zero-order valence-electron chi connectivity index (χ0n) is 8.95. The van der Waals surface area contributed by atoms with Crippen molar-refractivity contribution in [3.05, 3.63) is 57.3 Å². The van der Waals surface area contributed by atoms with Crippen LogP contribution in [0.15, 0.2) is 40.9 Å². The van der Waals surface area contributed by atoms with E-state index in [1.807, 2.05) is 6.07 Å². The summed E-state index contributed by atoms with van der Waals surface area (Å²) in [7, 11) is 0. The van der Waals surface area contributed by atoms with Gasteiger partial charge in [0.2, 0.25) is 0 Å². The Labute approximate surface area is 117 Å². The van der Waals surface area contributed by atoms with Gasteiger partial charge in [0.05, 0.1) is 15.1 Å². The minimum Gasteiger partial charge on any atom is -0.457 e. The molecule has 0 N–H and O–H groups in total. The Morgan fingerprint density at radius 3 is 2.44 bits per heavy atom. The number of rotatable bonds is 2. The molecule has 0 saturated carbocycles. The second kappa shape index (κ2) is 5.38. The number of hydrogen-bond donors (Lipinski definition) is 0. The summed E-state index contributed by atoms with van der Waals surface area (Å²) in [6.45, 7) is 0. The van der Waals surface area contributed by atoms with E-state index in [1.165, 1.54) is 12.1 Å². The van der Waals surface area contributed by atoms with Crippen molar-refractivity contribution in [1.82, 2.24) is 0 Å². The molecule has 0 amide bonds. The molecular weight excluding hydrogens is 321 g/mol. The average Bonchev–Trinajstić information content (AvgIpc) is 2.34. The largest absolute Gasteiger partial charge is 0.457 e. The molecule has 90 valence electrons. The summed E-state index contributed by atoms with van der Waals surface area (Å²) in [5, 5.41) is 9.03. The molecule has 0 aliphatic rings. The van der Waals surface area contributed by atoms with Gasteiger partial charge in [-0.3, -0.25) is 0 Å². The lowest BCUT2D eigenvalue weighted by Gasteiger charge is -2.07. The van der Waals surface area contributed by atoms with Crippen LogP contribution >= 0.6 is 27.5 Å². The smallest absolute Gasteiger partial charge is 0.141 e. The first-order valence-corrected chi connectivity index (χ1v) is 6.10. The number of hydrogen-bond acceptors (Lipinski definition) is 2. The first kappa shape index (κ1) is 12.9. The number of benzene rings is 2. The van der Waals surface area contributed by atoms with E-state index in [2.05, 4.69) is 15.9 Å². The van der Waals surface area contributed by atoms with Crippen LogP contribution in [0.3, 0.4) is 0 Å². The van der Waals surface area contributed by atoms with Crippen molar-refractivity contribution < 1.29 is 9.13 Å². The Balaban J connectivity index is 2.26. The molecule has 2 nitrogen and oxygen atoms in total. The highest BCUT2D eigenvalue weighted by molar-refractivity contribution is 9.10. The van der Waals surface area contributed by atoms with E-state index in [0.717, 1.165) is 0 Å². The minimum atomic E-state index is -0.410. The molecule has 0 spiro atoms. The van der Waals surface area contributed by atoms with Crippen molar-refractivity contribution in [3.8, 4) is 17.6 Å². The standard InChI is InChI=1S/C13H6BrClFNO/c14-11-4-3-10(6-13(11)16)18-9-2-1-8(7-17)12(15)5-9/h1-6H. The molecule has 0 fully saturated rings. The van der Waals surface area contributed by atoms with Crippen molar-refractivity contribution in [2.24, 2.45) is 0 Å². The highest BCUT2D eigenvalue weighted by Gasteiger charge is 2.05. The van der Waals surface area contributed by atoms with E-state index in [0.29, 0.717) is 26.6 Å². The highest BCUT2D eigenvalue weighted by Crippen LogP contribution is 2.28. The molecule has 0 radical (unpaired) electrons. The second-order valence-electron chi connectivity index (χ2n) is 3.43. The molecule has 0 aliphatic heterocycles.